The molecule has 1 atom stereocenters. The van der Waals surface area contributed by atoms with Crippen LogP contribution in [0.2, 0.25) is 0 Å². The highest BCUT2D eigenvalue weighted by Crippen LogP contribution is 2.07. The normalized spacial score (nSPS) is 22.5. The third-order valence-electron chi connectivity index (χ3n) is 2.51. The molecule has 0 N–H and O–H groups in total. The van der Waals surface area contributed by atoms with Crippen molar-refractivity contribution in [3.63, 3.8) is 0 Å². The van der Waals surface area contributed by atoms with E-state index in [4.69, 9.17) is 4.74 Å². The summed E-state index contributed by atoms with van der Waals surface area (Å²) in [4.78, 5) is 2.45. The Kier molecular flexibility index (Phi) is 4.62. The SMILES string of the molecule is CCC(C)[CH]CN1CCOCC1. The fourth-order valence-electron chi connectivity index (χ4n) is 1.28. The van der Waals surface area contributed by atoms with E-state index in [9.17, 15) is 0 Å². The number of rotatable bonds is 4. The molecule has 2 nitrogen and oxygen atoms in total. The van der Waals surface area contributed by atoms with E-state index in [0.717, 1.165) is 38.8 Å². The van der Waals surface area contributed by atoms with Gasteiger partial charge < -0.3 is 4.74 Å². The summed E-state index contributed by atoms with van der Waals surface area (Å²) in [5.41, 5.74) is 0. The summed E-state index contributed by atoms with van der Waals surface area (Å²) in [6, 6.07) is 0. The first-order valence-corrected chi connectivity index (χ1v) is 4.96. The molecule has 12 heavy (non-hydrogen) atoms. The molecule has 2 heteroatoms. The molecule has 0 saturated carbocycles. The van der Waals surface area contributed by atoms with E-state index in [0.29, 0.717) is 0 Å². The zero-order valence-corrected chi connectivity index (χ0v) is 8.25. The van der Waals surface area contributed by atoms with Crippen LogP contribution < -0.4 is 0 Å². The molecule has 0 aliphatic carbocycles. The topological polar surface area (TPSA) is 12.5 Å². The molecule has 1 aliphatic heterocycles. The van der Waals surface area contributed by atoms with Crippen molar-refractivity contribution in [2.24, 2.45) is 5.92 Å². The van der Waals surface area contributed by atoms with Gasteiger partial charge in [-0.05, 0) is 12.3 Å². The first kappa shape index (κ1) is 10.0. The minimum Gasteiger partial charge on any atom is -0.379 e. The molecule has 1 fully saturated rings. The van der Waals surface area contributed by atoms with Crippen LogP contribution in [-0.2, 0) is 4.74 Å². The van der Waals surface area contributed by atoms with Crippen LogP contribution in [0, 0.1) is 12.3 Å². The van der Waals surface area contributed by atoms with E-state index in [1.807, 2.05) is 0 Å². The molecule has 0 bridgehead atoms. The fourth-order valence-corrected chi connectivity index (χ4v) is 1.28. The first-order chi connectivity index (χ1) is 5.83. The van der Waals surface area contributed by atoms with Crippen LogP contribution in [0.15, 0.2) is 0 Å². The number of morpholine rings is 1. The monoisotopic (exact) mass is 170 g/mol. The Morgan fingerprint density at radius 2 is 2.08 bits per heavy atom. The predicted molar refractivity (Wildman–Crippen MR) is 51.0 cm³/mol. The summed E-state index contributed by atoms with van der Waals surface area (Å²) in [6.45, 7) is 9.68. The highest BCUT2D eigenvalue weighted by Gasteiger charge is 2.10. The molecule has 0 aromatic carbocycles. The van der Waals surface area contributed by atoms with Crippen LogP contribution in [-0.4, -0.2) is 37.7 Å². The largest absolute Gasteiger partial charge is 0.379 e. The van der Waals surface area contributed by atoms with E-state index in [1.165, 1.54) is 6.42 Å². The van der Waals surface area contributed by atoms with Gasteiger partial charge in [0.25, 0.3) is 0 Å². The van der Waals surface area contributed by atoms with Crippen molar-refractivity contribution in [2.75, 3.05) is 32.8 Å². The average Bonchev–Trinajstić information content (AvgIpc) is 2.16. The van der Waals surface area contributed by atoms with E-state index < -0.39 is 0 Å². The van der Waals surface area contributed by atoms with Gasteiger partial charge in [0, 0.05) is 19.6 Å². The lowest BCUT2D eigenvalue weighted by Crippen LogP contribution is -2.37. The van der Waals surface area contributed by atoms with Gasteiger partial charge in [-0.1, -0.05) is 20.3 Å². The predicted octanol–water partition coefficient (Wildman–Crippen LogP) is 1.57. The number of hydrogen-bond acceptors (Lipinski definition) is 2. The van der Waals surface area contributed by atoms with Gasteiger partial charge >= 0.3 is 0 Å². The zero-order valence-electron chi connectivity index (χ0n) is 8.25. The quantitative estimate of drug-likeness (QED) is 0.635. The molecule has 1 radical (unpaired) electrons. The van der Waals surface area contributed by atoms with Gasteiger partial charge in [0.15, 0.2) is 0 Å². The Balaban J connectivity index is 2.05. The molecule has 71 valence electrons. The van der Waals surface area contributed by atoms with Crippen molar-refractivity contribution in [3.8, 4) is 0 Å². The fraction of sp³-hybridized carbons (Fsp3) is 0.900. The van der Waals surface area contributed by atoms with E-state index in [-0.39, 0.29) is 0 Å². The van der Waals surface area contributed by atoms with Crippen LogP contribution in [0.3, 0.4) is 0 Å². The lowest BCUT2D eigenvalue weighted by atomic mass is 10.1. The maximum absolute atomic E-state index is 5.28. The number of nitrogens with zero attached hydrogens (tertiary/aromatic N) is 1. The second-order valence-electron chi connectivity index (χ2n) is 3.53. The minimum absolute atomic E-state index is 0.757. The molecular formula is C10H20NO. The molecule has 1 heterocycles. The third-order valence-corrected chi connectivity index (χ3v) is 2.51. The molecule has 0 aromatic heterocycles. The Labute approximate surface area is 75.9 Å². The zero-order chi connectivity index (χ0) is 8.81. The molecule has 1 rings (SSSR count). The number of hydrogen-bond donors (Lipinski definition) is 0. The van der Waals surface area contributed by atoms with Crippen molar-refractivity contribution in [1.82, 2.24) is 4.90 Å². The second-order valence-corrected chi connectivity index (χ2v) is 3.53. The van der Waals surface area contributed by atoms with Gasteiger partial charge in [0.05, 0.1) is 13.2 Å². The Morgan fingerprint density at radius 1 is 1.42 bits per heavy atom. The maximum atomic E-state index is 5.28. The van der Waals surface area contributed by atoms with Crippen LogP contribution >= 0.6 is 0 Å². The van der Waals surface area contributed by atoms with Gasteiger partial charge in [-0.25, -0.2) is 0 Å². The molecule has 1 unspecified atom stereocenters. The van der Waals surface area contributed by atoms with Gasteiger partial charge in [-0.2, -0.15) is 0 Å². The molecule has 1 saturated heterocycles. The van der Waals surface area contributed by atoms with Crippen molar-refractivity contribution in [2.45, 2.75) is 20.3 Å². The van der Waals surface area contributed by atoms with E-state index in [2.05, 4.69) is 25.2 Å². The highest BCUT2D eigenvalue weighted by atomic mass is 16.5. The van der Waals surface area contributed by atoms with Crippen molar-refractivity contribution >= 4 is 0 Å². The first-order valence-electron chi connectivity index (χ1n) is 4.96. The van der Waals surface area contributed by atoms with Crippen LogP contribution in [0.1, 0.15) is 20.3 Å². The summed E-state index contributed by atoms with van der Waals surface area (Å²) >= 11 is 0. The summed E-state index contributed by atoms with van der Waals surface area (Å²) in [7, 11) is 0. The molecule has 0 spiro atoms. The lowest BCUT2D eigenvalue weighted by Gasteiger charge is -2.27. The van der Waals surface area contributed by atoms with Crippen molar-refractivity contribution in [3.05, 3.63) is 6.42 Å². The van der Waals surface area contributed by atoms with Gasteiger partial charge in [0.1, 0.15) is 0 Å². The third kappa shape index (κ3) is 3.55. The van der Waals surface area contributed by atoms with Crippen molar-refractivity contribution < 1.29 is 4.74 Å². The standard InChI is InChI=1S/C10H20NO/c1-3-10(2)4-5-11-6-8-12-9-7-11/h4,10H,3,5-9H2,1-2H3. The molecule has 0 aromatic rings. The van der Waals surface area contributed by atoms with Gasteiger partial charge in [-0.3, -0.25) is 4.90 Å². The minimum atomic E-state index is 0.757. The second kappa shape index (κ2) is 5.55. The molecular weight excluding hydrogens is 150 g/mol. The van der Waals surface area contributed by atoms with E-state index in [1.54, 1.807) is 0 Å². The van der Waals surface area contributed by atoms with E-state index >= 15 is 0 Å². The van der Waals surface area contributed by atoms with Gasteiger partial charge in [0.2, 0.25) is 0 Å². The summed E-state index contributed by atoms with van der Waals surface area (Å²) in [6.07, 6.45) is 3.66. The van der Waals surface area contributed by atoms with Crippen LogP contribution in [0.5, 0.6) is 0 Å². The number of ether oxygens (including phenoxy) is 1. The average molecular weight is 170 g/mol. The van der Waals surface area contributed by atoms with Crippen molar-refractivity contribution in [1.29, 1.82) is 0 Å². The molecule has 1 aliphatic rings. The molecule has 0 amide bonds. The smallest absolute Gasteiger partial charge is 0.0594 e. The summed E-state index contributed by atoms with van der Waals surface area (Å²) in [5, 5.41) is 0. The Hall–Kier alpha value is -0.0800. The lowest BCUT2D eigenvalue weighted by molar-refractivity contribution is 0.0408. The van der Waals surface area contributed by atoms with Gasteiger partial charge in [-0.15, -0.1) is 0 Å². The Bertz CT molecular complexity index is 110. The van der Waals surface area contributed by atoms with Crippen LogP contribution in [0.4, 0.5) is 0 Å². The summed E-state index contributed by atoms with van der Waals surface area (Å²) < 4.78 is 5.28. The summed E-state index contributed by atoms with van der Waals surface area (Å²) in [5.74, 6) is 0.757. The maximum Gasteiger partial charge on any atom is 0.0594 e. The Morgan fingerprint density at radius 3 is 2.67 bits per heavy atom. The van der Waals surface area contributed by atoms with Crippen LogP contribution in [0.25, 0.3) is 0 Å². The highest BCUT2D eigenvalue weighted by molar-refractivity contribution is 4.77.